The van der Waals surface area contributed by atoms with E-state index in [1.165, 1.54) is 18.2 Å². The summed E-state index contributed by atoms with van der Waals surface area (Å²) in [5.74, 6) is -0.444. The first-order valence-electron chi connectivity index (χ1n) is 7.72. The van der Waals surface area contributed by atoms with E-state index in [0.29, 0.717) is 25.3 Å². The van der Waals surface area contributed by atoms with Gasteiger partial charge in [-0.15, -0.1) is 0 Å². The van der Waals surface area contributed by atoms with E-state index >= 15 is 0 Å². The van der Waals surface area contributed by atoms with Crippen LogP contribution in [0.3, 0.4) is 0 Å². The number of nitrogens with one attached hydrogen (secondary N) is 1. The first kappa shape index (κ1) is 18.1. The van der Waals surface area contributed by atoms with Gasteiger partial charge >= 0.3 is 0 Å². The van der Waals surface area contributed by atoms with E-state index in [-0.39, 0.29) is 28.2 Å². The standard InChI is InChI=1S/C17H19ClN2O4/c1-2-23-15-8-11(7-14(18)16(15)21)6-12(9-19)17(22)20-10-13-4-3-5-24-13/h6-8,13,21H,2-5,10H2,1H3,(H,20,22)/b12-6+. The van der Waals surface area contributed by atoms with Gasteiger partial charge in [0.2, 0.25) is 0 Å². The second-order valence-corrected chi connectivity index (χ2v) is 5.70. The monoisotopic (exact) mass is 350 g/mol. The van der Waals surface area contributed by atoms with Crippen molar-refractivity contribution in [2.24, 2.45) is 0 Å². The Labute approximate surface area is 145 Å². The number of phenols is 1. The van der Waals surface area contributed by atoms with Gasteiger partial charge in [-0.25, -0.2) is 0 Å². The number of nitriles is 1. The van der Waals surface area contributed by atoms with Crippen LogP contribution in [-0.2, 0) is 9.53 Å². The minimum absolute atomic E-state index is 0.00145. The summed E-state index contributed by atoms with van der Waals surface area (Å²) in [6.07, 6.45) is 3.28. The molecule has 0 aliphatic carbocycles. The Morgan fingerprint density at radius 1 is 1.62 bits per heavy atom. The van der Waals surface area contributed by atoms with Crippen LogP contribution in [-0.4, -0.2) is 36.9 Å². The van der Waals surface area contributed by atoms with Gasteiger partial charge in [-0.05, 0) is 43.5 Å². The number of carbonyl (C=O) groups excluding carboxylic acids is 1. The van der Waals surface area contributed by atoms with Crippen molar-refractivity contribution in [2.75, 3.05) is 19.8 Å². The molecule has 128 valence electrons. The predicted molar refractivity (Wildman–Crippen MR) is 89.9 cm³/mol. The average Bonchev–Trinajstić information content (AvgIpc) is 3.08. The van der Waals surface area contributed by atoms with Gasteiger partial charge in [0.25, 0.3) is 5.91 Å². The summed E-state index contributed by atoms with van der Waals surface area (Å²) in [5, 5.41) is 21.8. The zero-order valence-corrected chi connectivity index (χ0v) is 14.1. The summed E-state index contributed by atoms with van der Waals surface area (Å²) in [4.78, 5) is 12.1. The van der Waals surface area contributed by atoms with Crippen LogP contribution < -0.4 is 10.1 Å². The quantitative estimate of drug-likeness (QED) is 0.608. The number of amides is 1. The number of halogens is 1. The van der Waals surface area contributed by atoms with E-state index in [4.69, 9.17) is 21.1 Å². The van der Waals surface area contributed by atoms with Gasteiger partial charge in [-0.3, -0.25) is 4.79 Å². The number of phenolic OH excluding ortho intramolecular Hbond substituents is 1. The predicted octanol–water partition coefficient (Wildman–Crippen LogP) is 2.65. The van der Waals surface area contributed by atoms with E-state index in [1.807, 2.05) is 6.07 Å². The van der Waals surface area contributed by atoms with E-state index in [0.717, 1.165) is 12.8 Å². The summed E-state index contributed by atoms with van der Waals surface area (Å²) in [6.45, 7) is 3.20. The molecule has 1 saturated heterocycles. The van der Waals surface area contributed by atoms with E-state index in [2.05, 4.69) is 5.32 Å². The molecule has 1 amide bonds. The highest BCUT2D eigenvalue weighted by atomic mass is 35.5. The van der Waals surface area contributed by atoms with Crippen LogP contribution in [0.15, 0.2) is 17.7 Å². The third kappa shape index (κ3) is 4.63. The fourth-order valence-electron chi connectivity index (χ4n) is 2.36. The molecule has 1 unspecified atom stereocenters. The zero-order valence-electron chi connectivity index (χ0n) is 13.3. The van der Waals surface area contributed by atoms with Gasteiger partial charge in [0, 0.05) is 13.2 Å². The molecule has 6 nitrogen and oxygen atoms in total. The molecule has 1 aromatic carbocycles. The molecule has 1 aliphatic heterocycles. The summed E-state index contributed by atoms with van der Waals surface area (Å²) in [5.41, 5.74) is 0.433. The second-order valence-electron chi connectivity index (χ2n) is 5.30. The van der Waals surface area contributed by atoms with Gasteiger partial charge in [0.1, 0.15) is 11.6 Å². The van der Waals surface area contributed by atoms with Crippen molar-refractivity contribution in [1.29, 1.82) is 5.26 Å². The molecule has 1 heterocycles. The molecule has 0 spiro atoms. The molecule has 0 bridgehead atoms. The summed E-state index contributed by atoms with van der Waals surface area (Å²) >= 11 is 5.95. The molecule has 0 radical (unpaired) electrons. The number of hydrogen-bond donors (Lipinski definition) is 2. The lowest BCUT2D eigenvalue weighted by Crippen LogP contribution is -2.32. The molecule has 0 aromatic heterocycles. The molecule has 7 heteroatoms. The van der Waals surface area contributed by atoms with Crippen LogP contribution in [0.25, 0.3) is 6.08 Å². The number of hydrogen-bond acceptors (Lipinski definition) is 5. The van der Waals surface area contributed by atoms with E-state index in [1.54, 1.807) is 6.92 Å². The minimum Gasteiger partial charge on any atom is -0.503 e. The maximum Gasteiger partial charge on any atom is 0.262 e. The highest BCUT2D eigenvalue weighted by Crippen LogP contribution is 2.35. The van der Waals surface area contributed by atoms with Crippen molar-refractivity contribution in [1.82, 2.24) is 5.32 Å². The molecule has 1 aromatic rings. The lowest BCUT2D eigenvalue weighted by molar-refractivity contribution is -0.117. The van der Waals surface area contributed by atoms with Gasteiger partial charge in [-0.2, -0.15) is 5.26 Å². The van der Waals surface area contributed by atoms with Crippen molar-refractivity contribution >= 4 is 23.6 Å². The minimum atomic E-state index is -0.477. The number of carbonyl (C=O) groups is 1. The van der Waals surface area contributed by atoms with Crippen molar-refractivity contribution in [3.8, 4) is 17.6 Å². The first-order valence-corrected chi connectivity index (χ1v) is 8.09. The molecule has 2 N–H and O–H groups in total. The SMILES string of the molecule is CCOc1cc(/C=C(\C#N)C(=O)NCC2CCCO2)cc(Cl)c1O. The number of ether oxygens (including phenoxy) is 2. The van der Waals surface area contributed by atoms with Crippen LogP contribution in [0.2, 0.25) is 5.02 Å². The van der Waals surface area contributed by atoms with Crippen molar-refractivity contribution in [3.63, 3.8) is 0 Å². The summed E-state index contributed by atoms with van der Waals surface area (Å²) < 4.78 is 10.7. The number of rotatable bonds is 6. The molecular formula is C17H19ClN2O4. The third-order valence-electron chi connectivity index (χ3n) is 3.54. The Balaban J connectivity index is 2.13. The van der Waals surface area contributed by atoms with Gasteiger partial charge in [0.15, 0.2) is 11.5 Å². The lowest BCUT2D eigenvalue weighted by Gasteiger charge is -2.11. The van der Waals surface area contributed by atoms with E-state index in [9.17, 15) is 15.2 Å². The normalized spacial score (nSPS) is 17.4. The Morgan fingerprint density at radius 2 is 2.42 bits per heavy atom. The second kappa shape index (κ2) is 8.57. The molecular weight excluding hydrogens is 332 g/mol. The summed E-state index contributed by atoms with van der Waals surface area (Å²) in [7, 11) is 0. The van der Waals surface area contributed by atoms with Gasteiger partial charge in [-0.1, -0.05) is 11.6 Å². The Kier molecular flexibility index (Phi) is 6.47. The highest BCUT2D eigenvalue weighted by molar-refractivity contribution is 6.32. The van der Waals surface area contributed by atoms with Gasteiger partial charge < -0.3 is 19.9 Å². The molecule has 2 rings (SSSR count). The Hall–Kier alpha value is -2.23. The number of aromatic hydroxyl groups is 1. The maximum absolute atomic E-state index is 12.1. The lowest BCUT2D eigenvalue weighted by atomic mass is 10.1. The zero-order chi connectivity index (χ0) is 17.5. The fourth-order valence-corrected chi connectivity index (χ4v) is 2.58. The topological polar surface area (TPSA) is 91.6 Å². The van der Waals surface area contributed by atoms with Crippen LogP contribution in [0.5, 0.6) is 11.5 Å². The smallest absolute Gasteiger partial charge is 0.262 e. The molecule has 24 heavy (non-hydrogen) atoms. The third-order valence-corrected chi connectivity index (χ3v) is 3.83. The Bertz CT molecular complexity index is 676. The largest absolute Gasteiger partial charge is 0.503 e. The van der Waals surface area contributed by atoms with Crippen molar-refractivity contribution in [2.45, 2.75) is 25.9 Å². The molecule has 1 aliphatic rings. The van der Waals surface area contributed by atoms with E-state index < -0.39 is 5.91 Å². The fraction of sp³-hybridized carbons (Fsp3) is 0.412. The average molecular weight is 351 g/mol. The summed E-state index contributed by atoms with van der Waals surface area (Å²) in [6, 6.07) is 4.86. The van der Waals surface area contributed by atoms with Crippen LogP contribution in [0, 0.1) is 11.3 Å². The van der Waals surface area contributed by atoms with Gasteiger partial charge in [0.05, 0.1) is 17.7 Å². The molecule has 0 saturated carbocycles. The highest BCUT2D eigenvalue weighted by Gasteiger charge is 2.18. The van der Waals surface area contributed by atoms with Crippen molar-refractivity contribution in [3.05, 3.63) is 28.3 Å². The molecule has 1 fully saturated rings. The maximum atomic E-state index is 12.1. The van der Waals surface area contributed by atoms with Crippen molar-refractivity contribution < 1.29 is 19.4 Å². The number of nitrogens with zero attached hydrogens (tertiary/aromatic N) is 1. The first-order chi connectivity index (χ1) is 11.5. The van der Waals surface area contributed by atoms with Crippen LogP contribution >= 0.6 is 11.6 Å². The number of benzene rings is 1. The van der Waals surface area contributed by atoms with Crippen LogP contribution in [0.4, 0.5) is 0 Å². The Morgan fingerprint density at radius 3 is 3.04 bits per heavy atom. The molecule has 1 atom stereocenters. The van der Waals surface area contributed by atoms with Crippen LogP contribution in [0.1, 0.15) is 25.3 Å².